The molecule has 0 aliphatic carbocycles. The number of aryl methyl sites for hydroxylation is 1. The zero-order valence-corrected chi connectivity index (χ0v) is 16.7. The van der Waals surface area contributed by atoms with E-state index in [-0.39, 0.29) is 11.5 Å². The number of carbonyl (C=O) groups excluding carboxylic acids is 2. The smallest absolute Gasteiger partial charge is 0.266 e. The van der Waals surface area contributed by atoms with E-state index in [0.29, 0.717) is 31.7 Å². The van der Waals surface area contributed by atoms with E-state index in [9.17, 15) is 14.9 Å². The van der Waals surface area contributed by atoms with Gasteiger partial charge in [-0.2, -0.15) is 5.26 Å². The van der Waals surface area contributed by atoms with Gasteiger partial charge >= 0.3 is 0 Å². The fourth-order valence-electron chi connectivity index (χ4n) is 2.65. The first-order valence-corrected chi connectivity index (χ1v) is 9.57. The van der Waals surface area contributed by atoms with Crippen molar-refractivity contribution >= 4 is 45.4 Å². The van der Waals surface area contributed by atoms with Crippen LogP contribution in [0.3, 0.4) is 0 Å². The molecule has 0 atom stereocenters. The lowest BCUT2D eigenvalue weighted by Crippen LogP contribution is -2.12. The maximum Gasteiger partial charge on any atom is 0.266 e. The van der Waals surface area contributed by atoms with E-state index < -0.39 is 5.91 Å². The average Bonchev–Trinajstić information content (AvgIpc) is 2.98. The van der Waals surface area contributed by atoms with Gasteiger partial charge < -0.3 is 10.6 Å². The Morgan fingerprint density at radius 2 is 1.79 bits per heavy atom. The van der Waals surface area contributed by atoms with Crippen LogP contribution in [-0.2, 0) is 0 Å². The fraction of sp³-hybridized carbons (Fsp3) is 0.0952. The van der Waals surface area contributed by atoms with Gasteiger partial charge in [-0.1, -0.05) is 35.9 Å². The number of amides is 2. The molecule has 1 heterocycles. The van der Waals surface area contributed by atoms with Crippen LogP contribution < -0.4 is 10.6 Å². The Morgan fingerprint density at radius 1 is 1.04 bits per heavy atom. The first-order valence-electron chi connectivity index (χ1n) is 8.38. The minimum atomic E-state index is -0.397. The highest BCUT2D eigenvalue weighted by molar-refractivity contribution is 7.18. The molecule has 0 aliphatic heterocycles. The summed E-state index contributed by atoms with van der Waals surface area (Å²) < 4.78 is 0. The molecule has 0 radical (unpaired) electrons. The minimum Gasteiger partial charge on any atom is -0.321 e. The molecule has 0 bridgehead atoms. The molecular formula is C21H16ClN3O2S. The lowest BCUT2D eigenvalue weighted by Gasteiger charge is -2.07. The summed E-state index contributed by atoms with van der Waals surface area (Å²) in [5, 5.41) is 15.9. The first kappa shape index (κ1) is 19.6. The van der Waals surface area contributed by atoms with Crippen LogP contribution in [0.5, 0.6) is 0 Å². The predicted molar refractivity (Wildman–Crippen MR) is 112 cm³/mol. The zero-order valence-electron chi connectivity index (χ0n) is 15.2. The number of para-hydroxylation sites is 1. The molecule has 0 unspecified atom stereocenters. The van der Waals surface area contributed by atoms with Gasteiger partial charge in [-0.05, 0) is 49.2 Å². The molecule has 7 heteroatoms. The van der Waals surface area contributed by atoms with E-state index in [4.69, 9.17) is 11.6 Å². The Labute approximate surface area is 171 Å². The fourth-order valence-corrected chi connectivity index (χ4v) is 3.89. The number of halogens is 1. The quantitative estimate of drug-likeness (QED) is 0.605. The van der Waals surface area contributed by atoms with Crippen LogP contribution in [-0.4, -0.2) is 11.8 Å². The maximum atomic E-state index is 12.7. The predicted octanol–water partition coefficient (Wildman–Crippen LogP) is 5.39. The highest BCUT2D eigenvalue weighted by Gasteiger charge is 2.22. The summed E-state index contributed by atoms with van der Waals surface area (Å²) in [6, 6.07) is 16.0. The van der Waals surface area contributed by atoms with E-state index in [1.807, 2.05) is 31.2 Å². The summed E-state index contributed by atoms with van der Waals surface area (Å²) in [6.45, 7) is 3.59. The van der Waals surface area contributed by atoms with Crippen LogP contribution in [0.25, 0.3) is 0 Å². The number of nitrogens with one attached hydrogen (secondary N) is 2. The molecule has 0 fully saturated rings. The van der Waals surface area contributed by atoms with Gasteiger partial charge in [0.05, 0.1) is 10.4 Å². The Balaban J connectivity index is 1.88. The van der Waals surface area contributed by atoms with Crippen LogP contribution in [0.1, 0.15) is 36.7 Å². The number of rotatable bonds is 4. The van der Waals surface area contributed by atoms with Crippen molar-refractivity contribution in [1.82, 2.24) is 0 Å². The van der Waals surface area contributed by atoms with Gasteiger partial charge in [-0.25, -0.2) is 0 Å². The molecule has 0 spiro atoms. The van der Waals surface area contributed by atoms with Gasteiger partial charge in [0.2, 0.25) is 0 Å². The van der Waals surface area contributed by atoms with Gasteiger partial charge in [-0.15, -0.1) is 11.3 Å². The molecule has 5 nitrogen and oxygen atoms in total. The molecule has 140 valence electrons. The largest absolute Gasteiger partial charge is 0.321 e. The standard InChI is InChI=1S/C21H16ClN3O2S/c1-12-6-3-4-9-17(12)24-20(27)18-13(2)16(11-23)21(28-18)25-19(26)14-7-5-8-15(22)10-14/h3-10H,1-2H3,(H,24,27)(H,25,26). The normalized spacial score (nSPS) is 10.2. The number of nitriles is 1. The summed E-state index contributed by atoms with van der Waals surface area (Å²) in [7, 11) is 0. The second-order valence-electron chi connectivity index (χ2n) is 6.11. The lowest BCUT2D eigenvalue weighted by molar-refractivity contribution is 0.102. The molecule has 2 amide bonds. The number of hydrogen-bond donors (Lipinski definition) is 2. The van der Waals surface area contributed by atoms with Crippen LogP contribution in [0.4, 0.5) is 10.7 Å². The van der Waals surface area contributed by atoms with Crippen molar-refractivity contribution < 1.29 is 9.59 Å². The van der Waals surface area contributed by atoms with Crippen molar-refractivity contribution in [2.75, 3.05) is 10.6 Å². The molecule has 0 aliphatic rings. The van der Waals surface area contributed by atoms with E-state index in [2.05, 4.69) is 16.7 Å². The summed E-state index contributed by atoms with van der Waals surface area (Å²) in [6.07, 6.45) is 0. The number of anilines is 2. The second-order valence-corrected chi connectivity index (χ2v) is 7.56. The average molecular weight is 410 g/mol. The third kappa shape index (κ3) is 4.06. The number of benzene rings is 2. The van der Waals surface area contributed by atoms with Gasteiger partial charge in [0, 0.05) is 16.3 Å². The molecular weight excluding hydrogens is 394 g/mol. The summed E-state index contributed by atoms with van der Waals surface area (Å²) >= 11 is 7.00. The summed E-state index contributed by atoms with van der Waals surface area (Å²) in [5.74, 6) is -0.720. The van der Waals surface area contributed by atoms with Crippen molar-refractivity contribution in [3.8, 4) is 6.07 Å². The summed E-state index contributed by atoms with van der Waals surface area (Å²) in [4.78, 5) is 25.6. The molecule has 2 N–H and O–H groups in total. The molecule has 2 aromatic carbocycles. The second kappa shape index (κ2) is 8.26. The Bertz CT molecular complexity index is 1120. The van der Waals surface area contributed by atoms with Crippen molar-refractivity contribution in [3.63, 3.8) is 0 Å². The van der Waals surface area contributed by atoms with Crippen LogP contribution in [0.15, 0.2) is 48.5 Å². The highest BCUT2D eigenvalue weighted by Crippen LogP contribution is 2.33. The van der Waals surface area contributed by atoms with Gasteiger partial charge in [0.25, 0.3) is 11.8 Å². The third-order valence-corrected chi connectivity index (χ3v) is 5.61. The lowest BCUT2D eigenvalue weighted by atomic mass is 10.1. The molecule has 3 rings (SSSR count). The van der Waals surface area contributed by atoms with Crippen LogP contribution >= 0.6 is 22.9 Å². The van der Waals surface area contributed by atoms with Gasteiger partial charge in [-0.3, -0.25) is 9.59 Å². The minimum absolute atomic E-state index is 0.273. The van der Waals surface area contributed by atoms with E-state index in [0.717, 1.165) is 16.9 Å². The SMILES string of the molecule is Cc1ccccc1NC(=O)c1sc(NC(=O)c2cccc(Cl)c2)c(C#N)c1C. The maximum absolute atomic E-state index is 12.7. The van der Waals surface area contributed by atoms with Crippen molar-refractivity contribution in [2.45, 2.75) is 13.8 Å². The van der Waals surface area contributed by atoms with Gasteiger partial charge in [0.1, 0.15) is 11.1 Å². The van der Waals surface area contributed by atoms with Crippen molar-refractivity contribution in [1.29, 1.82) is 5.26 Å². The van der Waals surface area contributed by atoms with Gasteiger partial charge in [0.15, 0.2) is 0 Å². The van der Waals surface area contributed by atoms with E-state index in [1.54, 1.807) is 25.1 Å². The van der Waals surface area contributed by atoms with Crippen molar-refractivity contribution in [2.24, 2.45) is 0 Å². The zero-order chi connectivity index (χ0) is 20.3. The summed E-state index contributed by atoms with van der Waals surface area (Å²) in [5.41, 5.74) is 2.80. The monoisotopic (exact) mass is 409 g/mol. The number of thiophene rings is 1. The molecule has 3 aromatic rings. The number of hydrogen-bond acceptors (Lipinski definition) is 4. The molecule has 1 aromatic heterocycles. The van der Waals surface area contributed by atoms with E-state index >= 15 is 0 Å². The first-order chi connectivity index (χ1) is 13.4. The number of nitrogens with zero attached hydrogens (tertiary/aromatic N) is 1. The molecule has 0 saturated heterocycles. The Hall–Kier alpha value is -3.14. The number of carbonyl (C=O) groups is 2. The van der Waals surface area contributed by atoms with Crippen LogP contribution in [0, 0.1) is 25.2 Å². The van der Waals surface area contributed by atoms with Crippen LogP contribution in [0.2, 0.25) is 5.02 Å². The van der Waals surface area contributed by atoms with Crippen molar-refractivity contribution in [3.05, 3.63) is 80.7 Å². The highest BCUT2D eigenvalue weighted by atomic mass is 35.5. The molecule has 0 saturated carbocycles. The Kier molecular flexibility index (Phi) is 5.78. The molecule has 28 heavy (non-hydrogen) atoms. The Morgan fingerprint density at radius 3 is 2.46 bits per heavy atom. The van der Waals surface area contributed by atoms with E-state index in [1.165, 1.54) is 6.07 Å². The third-order valence-electron chi connectivity index (χ3n) is 4.17. The topological polar surface area (TPSA) is 82.0 Å².